The number of rotatable bonds is 1. The molecule has 1 saturated heterocycles. The van der Waals surface area contributed by atoms with Crippen molar-refractivity contribution in [3.8, 4) is 0 Å². The molecule has 0 aromatic carbocycles. The van der Waals surface area contributed by atoms with Crippen LogP contribution in [0.15, 0.2) is 0 Å². The van der Waals surface area contributed by atoms with E-state index in [1.807, 2.05) is 6.92 Å². The van der Waals surface area contributed by atoms with Gasteiger partial charge in [-0.05, 0) is 38.5 Å². The van der Waals surface area contributed by atoms with Crippen LogP contribution in [0.3, 0.4) is 0 Å². The molecule has 2 rings (SSSR count). The molecular weight excluding hydrogens is 162 g/mol. The second-order valence-corrected chi connectivity index (χ2v) is 5.32. The average Bonchev–Trinajstić information content (AvgIpc) is 2.01. The predicted molar refractivity (Wildman–Crippen MR) is 53.6 cm³/mol. The Morgan fingerprint density at radius 2 is 1.69 bits per heavy atom. The highest BCUT2D eigenvalue weighted by Gasteiger charge is 2.40. The minimum atomic E-state index is -0.386. The minimum absolute atomic E-state index is 0.386. The maximum atomic E-state index is 9.62. The molecule has 1 aliphatic carbocycles. The molecule has 1 aliphatic heterocycles. The van der Waals surface area contributed by atoms with Gasteiger partial charge in [0.05, 0.1) is 5.60 Å². The summed E-state index contributed by atoms with van der Waals surface area (Å²) in [7, 11) is 0. The summed E-state index contributed by atoms with van der Waals surface area (Å²) in [5, 5.41) is 9.62. The van der Waals surface area contributed by atoms with E-state index in [9.17, 15) is 5.11 Å². The summed E-state index contributed by atoms with van der Waals surface area (Å²) in [6, 6.07) is 0.774. The van der Waals surface area contributed by atoms with Gasteiger partial charge in [-0.2, -0.15) is 0 Å². The normalized spacial score (nSPS) is 39.9. The average molecular weight is 183 g/mol. The third-order valence-electron chi connectivity index (χ3n) is 3.59. The van der Waals surface area contributed by atoms with Gasteiger partial charge in [-0.15, -0.1) is 0 Å². The highest BCUT2D eigenvalue weighted by atomic mass is 16.3. The summed E-state index contributed by atoms with van der Waals surface area (Å²) in [5.41, 5.74) is -0.386. The van der Waals surface area contributed by atoms with Crippen molar-refractivity contribution in [3.63, 3.8) is 0 Å². The Labute approximate surface area is 80.9 Å². The molecular formula is C11H21NO. The van der Waals surface area contributed by atoms with Crippen molar-refractivity contribution in [1.82, 2.24) is 4.90 Å². The molecule has 13 heavy (non-hydrogen) atoms. The molecule has 2 aliphatic rings. The second kappa shape index (κ2) is 3.25. The lowest BCUT2D eigenvalue weighted by Gasteiger charge is -2.50. The van der Waals surface area contributed by atoms with Gasteiger partial charge >= 0.3 is 0 Å². The van der Waals surface area contributed by atoms with E-state index < -0.39 is 0 Å². The van der Waals surface area contributed by atoms with E-state index in [2.05, 4.69) is 11.8 Å². The standard InChI is InChI=1S/C11H21NO/c1-9-3-5-10(6-4-9)12-7-11(2,13)8-12/h9-10,13H,3-8H2,1-2H3. The molecule has 2 fully saturated rings. The predicted octanol–water partition coefficient (Wildman–Crippen LogP) is 1.63. The number of β-amino-alcohol motifs (C(OH)–C–C–N with tert-alkyl or cyclic N) is 1. The molecule has 76 valence electrons. The third-order valence-corrected chi connectivity index (χ3v) is 3.59. The van der Waals surface area contributed by atoms with Crippen molar-refractivity contribution in [2.45, 2.75) is 51.2 Å². The van der Waals surface area contributed by atoms with E-state index in [0.29, 0.717) is 0 Å². The number of aliphatic hydroxyl groups is 1. The summed E-state index contributed by atoms with van der Waals surface area (Å²) in [5.74, 6) is 0.929. The van der Waals surface area contributed by atoms with Crippen molar-refractivity contribution in [3.05, 3.63) is 0 Å². The van der Waals surface area contributed by atoms with Crippen molar-refractivity contribution >= 4 is 0 Å². The molecule has 0 atom stereocenters. The zero-order valence-corrected chi connectivity index (χ0v) is 8.79. The van der Waals surface area contributed by atoms with Gasteiger partial charge in [-0.25, -0.2) is 0 Å². The molecule has 0 aromatic heterocycles. The zero-order chi connectivity index (χ0) is 9.47. The Morgan fingerprint density at radius 3 is 2.15 bits per heavy atom. The molecule has 2 nitrogen and oxygen atoms in total. The molecule has 1 saturated carbocycles. The van der Waals surface area contributed by atoms with Crippen LogP contribution in [0.4, 0.5) is 0 Å². The van der Waals surface area contributed by atoms with Crippen molar-refractivity contribution < 1.29 is 5.11 Å². The van der Waals surface area contributed by atoms with Gasteiger partial charge < -0.3 is 5.11 Å². The van der Waals surface area contributed by atoms with Crippen molar-refractivity contribution in [1.29, 1.82) is 0 Å². The molecule has 0 amide bonds. The van der Waals surface area contributed by atoms with Crippen LogP contribution in [0.5, 0.6) is 0 Å². The third kappa shape index (κ3) is 2.05. The monoisotopic (exact) mass is 183 g/mol. The Morgan fingerprint density at radius 1 is 1.15 bits per heavy atom. The fourth-order valence-electron chi connectivity index (χ4n) is 2.69. The summed E-state index contributed by atoms with van der Waals surface area (Å²) >= 11 is 0. The number of hydrogen-bond acceptors (Lipinski definition) is 2. The first-order valence-corrected chi connectivity index (χ1v) is 5.53. The summed E-state index contributed by atoms with van der Waals surface area (Å²) in [6.45, 7) is 6.08. The maximum Gasteiger partial charge on any atom is 0.0872 e. The van der Waals surface area contributed by atoms with Crippen LogP contribution in [-0.4, -0.2) is 34.7 Å². The van der Waals surface area contributed by atoms with Crippen molar-refractivity contribution in [2.24, 2.45) is 5.92 Å². The van der Waals surface area contributed by atoms with Crippen LogP contribution in [0, 0.1) is 5.92 Å². The Hall–Kier alpha value is -0.0800. The van der Waals surface area contributed by atoms with Crippen LogP contribution in [0.2, 0.25) is 0 Å². The first-order valence-electron chi connectivity index (χ1n) is 5.53. The van der Waals surface area contributed by atoms with Gasteiger partial charge in [-0.1, -0.05) is 6.92 Å². The molecule has 2 heteroatoms. The quantitative estimate of drug-likeness (QED) is 0.668. The van der Waals surface area contributed by atoms with E-state index in [1.54, 1.807) is 0 Å². The van der Waals surface area contributed by atoms with Crippen LogP contribution in [-0.2, 0) is 0 Å². The lowest BCUT2D eigenvalue weighted by Crippen LogP contribution is -2.63. The molecule has 0 unspecified atom stereocenters. The van der Waals surface area contributed by atoms with Crippen LogP contribution < -0.4 is 0 Å². The first kappa shape index (κ1) is 9.47. The first-order chi connectivity index (χ1) is 6.07. The Balaban J connectivity index is 1.78. The zero-order valence-electron chi connectivity index (χ0n) is 8.79. The van der Waals surface area contributed by atoms with Gasteiger partial charge in [0.25, 0.3) is 0 Å². The SMILES string of the molecule is CC1CCC(N2CC(C)(O)C2)CC1. The lowest BCUT2D eigenvalue weighted by atomic mass is 9.83. The topological polar surface area (TPSA) is 23.5 Å². The number of nitrogens with zero attached hydrogens (tertiary/aromatic N) is 1. The van der Waals surface area contributed by atoms with Crippen molar-refractivity contribution in [2.75, 3.05) is 13.1 Å². The molecule has 0 aromatic rings. The van der Waals surface area contributed by atoms with E-state index in [0.717, 1.165) is 25.0 Å². The smallest absolute Gasteiger partial charge is 0.0872 e. The number of hydrogen-bond donors (Lipinski definition) is 1. The van der Waals surface area contributed by atoms with Gasteiger partial charge in [0, 0.05) is 19.1 Å². The summed E-state index contributed by atoms with van der Waals surface area (Å²) in [4.78, 5) is 2.45. The van der Waals surface area contributed by atoms with E-state index in [4.69, 9.17) is 0 Å². The van der Waals surface area contributed by atoms with Crippen LogP contribution in [0.25, 0.3) is 0 Å². The van der Waals surface area contributed by atoms with E-state index in [-0.39, 0.29) is 5.60 Å². The maximum absolute atomic E-state index is 9.62. The van der Waals surface area contributed by atoms with Gasteiger partial charge in [0.1, 0.15) is 0 Å². The number of likely N-dealkylation sites (tertiary alicyclic amines) is 1. The van der Waals surface area contributed by atoms with Gasteiger partial charge in [-0.3, -0.25) is 4.90 Å². The highest BCUT2D eigenvalue weighted by Crippen LogP contribution is 2.32. The van der Waals surface area contributed by atoms with Gasteiger partial charge in [0.2, 0.25) is 0 Å². The van der Waals surface area contributed by atoms with E-state index >= 15 is 0 Å². The molecule has 0 spiro atoms. The van der Waals surface area contributed by atoms with Crippen LogP contribution >= 0.6 is 0 Å². The summed E-state index contributed by atoms with van der Waals surface area (Å²) < 4.78 is 0. The van der Waals surface area contributed by atoms with Crippen LogP contribution in [0.1, 0.15) is 39.5 Å². The highest BCUT2D eigenvalue weighted by molar-refractivity contribution is 4.95. The van der Waals surface area contributed by atoms with E-state index in [1.165, 1.54) is 25.7 Å². The largest absolute Gasteiger partial charge is 0.388 e. The summed E-state index contributed by atoms with van der Waals surface area (Å²) in [6.07, 6.45) is 5.45. The fraction of sp³-hybridized carbons (Fsp3) is 1.00. The molecule has 0 bridgehead atoms. The lowest BCUT2D eigenvalue weighted by molar-refractivity contribution is -0.108. The Bertz CT molecular complexity index is 175. The van der Waals surface area contributed by atoms with Gasteiger partial charge in [0.15, 0.2) is 0 Å². The second-order valence-electron chi connectivity index (χ2n) is 5.32. The minimum Gasteiger partial charge on any atom is -0.388 e. The Kier molecular flexibility index (Phi) is 2.37. The fourth-order valence-corrected chi connectivity index (χ4v) is 2.69. The molecule has 0 radical (unpaired) electrons. The molecule has 1 heterocycles. The molecule has 1 N–H and O–H groups in total.